The number of hydrogen-bond acceptors (Lipinski definition) is 6. The number of carbonyl (C=O) groups is 1. The van der Waals surface area contributed by atoms with E-state index in [0.29, 0.717) is 50.0 Å². The van der Waals surface area contributed by atoms with Gasteiger partial charge in [0.05, 0.1) is 26.1 Å². The lowest BCUT2D eigenvalue weighted by molar-refractivity contribution is -0.115. The minimum atomic E-state index is -1.04. The zero-order valence-corrected chi connectivity index (χ0v) is 23.2. The lowest BCUT2D eigenvalue weighted by atomic mass is 9.82. The number of ether oxygens (including phenoxy) is 2. The van der Waals surface area contributed by atoms with Gasteiger partial charge in [-0.15, -0.1) is 0 Å². The molecule has 0 radical (unpaired) electrons. The Balaban J connectivity index is 1.78. The van der Waals surface area contributed by atoms with E-state index in [1.165, 1.54) is 7.11 Å². The fourth-order valence-electron chi connectivity index (χ4n) is 5.25. The van der Waals surface area contributed by atoms with E-state index in [4.69, 9.17) is 37.7 Å². The van der Waals surface area contributed by atoms with Crippen LogP contribution in [0.3, 0.4) is 0 Å². The number of rotatable bonds is 5. The molecule has 3 heterocycles. The number of anilines is 2. The first-order valence-electron chi connectivity index (χ1n) is 11.9. The molecule has 1 amide bonds. The highest BCUT2D eigenvalue weighted by atomic mass is 35.5. The van der Waals surface area contributed by atoms with Crippen molar-refractivity contribution in [2.24, 2.45) is 4.99 Å². The summed E-state index contributed by atoms with van der Waals surface area (Å²) in [5.74, 6) is 0.642. The second-order valence-electron chi connectivity index (χ2n) is 9.17. The first kappa shape index (κ1) is 25.8. The summed E-state index contributed by atoms with van der Waals surface area (Å²) in [6.45, 7) is 10.0. The fourth-order valence-corrected chi connectivity index (χ4v) is 5.58. The Kier molecular flexibility index (Phi) is 6.45. The molecule has 1 aromatic heterocycles. The zero-order chi connectivity index (χ0) is 27.4. The summed E-state index contributed by atoms with van der Waals surface area (Å²) < 4.78 is 10.8. The van der Waals surface area contributed by atoms with Crippen molar-refractivity contribution in [3.05, 3.63) is 98.9 Å². The van der Waals surface area contributed by atoms with Gasteiger partial charge >= 0.3 is 0 Å². The molecule has 1 N–H and O–H groups in total. The third kappa shape index (κ3) is 3.77. The molecule has 1 unspecified atom stereocenters. The third-order valence-corrected chi connectivity index (χ3v) is 7.56. The van der Waals surface area contributed by atoms with Crippen molar-refractivity contribution in [2.45, 2.75) is 26.3 Å². The van der Waals surface area contributed by atoms with Crippen molar-refractivity contribution < 1.29 is 14.3 Å². The number of aryl methyl sites for hydroxylation is 1. The van der Waals surface area contributed by atoms with E-state index in [1.807, 2.05) is 45.0 Å². The van der Waals surface area contributed by atoms with Crippen LogP contribution in [0.4, 0.5) is 11.4 Å². The molecule has 2 aromatic carbocycles. The minimum Gasteiger partial charge on any atom is -0.494 e. The van der Waals surface area contributed by atoms with Crippen LogP contribution < -0.4 is 19.7 Å². The van der Waals surface area contributed by atoms with Crippen LogP contribution in [0.15, 0.2) is 77.2 Å². The van der Waals surface area contributed by atoms with E-state index >= 15 is 0 Å². The van der Waals surface area contributed by atoms with Crippen LogP contribution in [0, 0.1) is 6.92 Å². The van der Waals surface area contributed by atoms with Gasteiger partial charge in [-0.2, -0.15) is 0 Å². The largest absolute Gasteiger partial charge is 0.494 e. The Morgan fingerprint density at radius 2 is 1.79 bits per heavy atom. The monoisotopic (exact) mass is 548 g/mol. The molecule has 2 aliphatic heterocycles. The number of hydrogen-bond donors (Lipinski definition) is 1. The molecule has 38 heavy (non-hydrogen) atoms. The van der Waals surface area contributed by atoms with E-state index in [9.17, 15) is 4.79 Å². The smallest absolute Gasteiger partial charge is 0.278 e. The number of benzene rings is 2. The van der Waals surface area contributed by atoms with Gasteiger partial charge in [-0.1, -0.05) is 41.9 Å². The van der Waals surface area contributed by atoms with Gasteiger partial charge < -0.3 is 14.8 Å². The first-order chi connectivity index (χ1) is 18.1. The second-order valence-corrected chi connectivity index (χ2v) is 10.0. The maximum atomic E-state index is 14.4. The molecular formula is C29H26Cl2N4O3. The Hall–Kier alpha value is -3.81. The van der Waals surface area contributed by atoms with Crippen LogP contribution in [0.1, 0.15) is 30.5 Å². The number of halogens is 2. The summed E-state index contributed by atoms with van der Waals surface area (Å²) in [7, 11) is 3.09. The average Bonchev–Trinajstić information content (AvgIpc) is 3.30. The van der Waals surface area contributed by atoms with Crippen molar-refractivity contribution in [1.29, 1.82) is 0 Å². The lowest BCUT2D eigenvalue weighted by Gasteiger charge is -2.38. The molecule has 0 saturated heterocycles. The number of nitrogens with zero attached hydrogens (tertiary/aromatic N) is 3. The maximum Gasteiger partial charge on any atom is 0.278 e. The molecule has 7 nitrogen and oxygen atoms in total. The average molecular weight is 549 g/mol. The Bertz CT molecular complexity index is 1580. The van der Waals surface area contributed by atoms with E-state index in [1.54, 1.807) is 36.4 Å². The highest BCUT2D eigenvalue weighted by Crippen LogP contribution is 2.57. The molecule has 1 spiro atoms. The summed E-state index contributed by atoms with van der Waals surface area (Å²) >= 11 is 12.7. The van der Waals surface area contributed by atoms with Crippen molar-refractivity contribution in [3.63, 3.8) is 0 Å². The maximum absolute atomic E-state index is 14.4. The molecule has 0 aliphatic carbocycles. The van der Waals surface area contributed by atoms with E-state index in [-0.39, 0.29) is 5.91 Å². The van der Waals surface area contributed by atoms with Crippen molar-refractivity contribution >= 4 is 46.2 Å². The zero-order valence-electron chi connectivity index (χ0n) is 21.6. The summed E-state index contributed by atoms with van der Waals surface area (Å²) in [5, 5.41) is 4.45. The van der Waals surface area contributed by atoms with Crippen molar-refractivity contribution in [1.82, 2.24) is 4.98 Å². The Morgan fingerprint density at radius 3 is 2.50 bits per heavy atom. The summed E-state index contributed by atoms with van der Waals surface area (Å²) in [4.78, 5) is 25.2. The highest BCUT2D eigenvalue weighted by molar-refractivity contribution is 6.31. The van der Waals surface area contributed by atoms with Gasteiger partial charge in [-0.3, -0.25) is 9.69 Å². The number of fused-ring (bicyclic) bond motifs is 2. The van der Waals surface area contributed by atoms with Crippen LogP contribution in [0.5, 0.6) is 11.6 Å². The first-order valence-corrected chi connectivity index (χ1v) is 12.6. The van der Waals surface area contributed by atoms with Crippen LogP contribution in [0.2, 0.25) is 10.0 Å². The van der Waals surface area contributed by atoms with Gasteiger partial charge in [0.25, 0.3) is 5.91 Å². The number of pyridine rings is 1. The van der Waals surface area contributed by atoms with Crippen LogP contribution >= 0.6 is 23.2 Å². The molecule has 0 fully saturated rings. The number of aromatic nitrogens is 1. The number of nitrogens with one attached hydrogen (secondary N) is 1. The normalized spacial score (nSPS) is 18.8. The van der Waals surface area contributed by atoms with Gasteiger partial charge in [0, 0.05) is 44.3 Å². The van der Waals surface area contributed by atoms with Gasteiger partial charge in [0.1, 0.15) is 17.0 Å². The molecular weight excluding hydrogens is 523 g/mol. The minimum absolute atomic E-state index is 0.280. The predicted molar refractivity (Wildman–Crippen MR) is 152 cm³/mol. The highest BCUT2D eigenvalue weighted by Gasteiger charge is 2.57. The molecule has 2 aliphatic rings. The van der Waals surface area contributed by atoms with Crippen LogP contribution in [0.25, 0.3) is 0 Å². The van der Waals surface area contributed by atoms with Crippen molar-refractivity contribution in [2.75, 3.05) is 24.4 Å². The molecule has 5 rings (SSSR count). The van der Waals surface area contributed by atoms with E-state index in [2.05, 4.69) is 16.9 Å². The molecule has 0 bridgehead atoms. The van der Waals surface area contributed by atoms with Crippen LogP contribution in [-0.4, -0.2) is 30.8 Å². The molecule has 9 heteroatoms. The SMILES string of the molecule is C=C1Nc2cc(Cl)ccc2C12C(C)=C(N=C(C)c1cc(OC)ncc1OC)C(=O)N2c1cc(Cl)ccc1C. The molecule has 0 saturated carbocycles. The standard InChI is InChI=1S/C29H26Cl2N4O3/c1-15-7-8-20(31)12-24(15)35-28(36)27(33-17(3)21-13-26(38-6)32-14-25(21)37-5)16(2)29(35)18(4)34-23-11-19(30)9-10-22(23)29/h7-14,34H,4H2,1-3,5-6H3. The summed E-state index contributed by atoms with van der Waals surface area (Å²) in [6, 6.07) is 12.8. The van der Waals surface area contributed by atoms with Crippen molar-refractivity contribution in [3.8, 4) is 11.6 Å². The second kappa shape index (κ2) is 9.49. The summed E-state index contributed by atoms with van der Waals surface area (Å²) in [6.07, 6.45) is 1.57. The third-order valence-electron chi connectivity index (χ3n) is 7.09. The molecule has 1 atom stereocenters. The van der Waals surface area contributed by atoms with Gasteiger partial charge in [-0.05, 0) is 56.2 Å². The fraction of sp³-hybridized carbons (Fsp3) is 0.207. The van der Waals surface area contributed by atoms with Crippen LogP contribution in [-0.2, 0) is 10.3 Å². The van der Waals surface area contributed by atoms with Gasteiger partial charge in [0.15, 0.2) is 0 Å². The summed E-state index contributed by atoms with van der Waals surface area (Å²) in [5.41, 5.74) is 5.01. The molecule has 3 aromatic rings. The lowest BCUT2D eigenvalue weighted by Crippen LogP contribution is -2.46. The predicted octanol–water partition coefficient (Wildman–Crippen LogP) is 6.68. The Morgan fingerprint density at radius 1 is 1.08 bits per heavy atom. The topological polar surface area (TPSA) is 76.0 Å². The number of methoxy groups -OCH3 is 2. The molecule has 194 valence electrons. The number of amides is 1. The van der Waals surface area contributed by atoms with E-state index < -0.39 is 5.54 Å². The van der Waals surface area contributed by atoms with Gasteiger partial charge in [0.2, 0.25) is 5.88 Å². The van der Waals surface area contributed by atoms with E-state index in [0.717, 1.165) is 22.4 Å². The Labute approximate surface area is 231 Å². The number of carbonyl (C=O) groups excluding carboxylic acids is 1. The van der Waals surface area contributed by atoms with Gasteiger partial charge in [-0.25, -0.2) is 9.98 Å². The quantitative estimate of drug-likeness (QED) is 0.360. The number of aliphatic imine (C=N–C) groups is 1.